The zero-order valence-corrected chi connectivity index (χ0v) is 21.2. The number of amides is 1. The Morgan fingerprint density at radius 2 is 1.77 bits per heavy atom. The highest BCUT2D eigenvalue weighted by Crippen LogP contribution is 2.40. The molecule has 1 aliphatic heterocycles. The number of Topliss-reactive ketones (excluding diaryl/α,β-unsaturated/α-hetero) is 1. The lowest BCUT2D eigenvalue weighted by Gasteiger charge is -2.25. The smallest absolute Gasteiger partial charge is 0.295 e. The second-order valence-electron chi connectivity index (χ2n) is 9.09. The molecule has 1 amide bonds. The maximum absolute atomic E-state index is 13.1. The zero-order chi connectivity index (χ0) is 25.5. The largest absolute Gasteiger partial charge is 0.507 e. The normalized spacial score (nSPS) is 17.3. The van der Waals surface area contributed by atoms with Crippen LogP contribution < -0.4 is 9.47 Å². The van der Waals surface area contributed by atoms with Gasteiger partial charge in [0.25, 0.3) is 11.7 Å². The van der Waals surface area contributed by atoms with Gasteiger partial charge in [-0.25, -0.2) is 0 Å². The van der Waals surface area contributed by atoms with Crippen LogP contribution in [0.1, 0.15) is 49.9 Å². The van der Waals surface area contributed by atoms with Gasteiger partial charge in [-0.1, -0.05) is 32.9 Å². The van der Waals surface area contributed by atoms with Gasteiger partial charge in [-0.3, -0.25) is 9.59 Å². The number of carbonyl (C=O) groups excluding carboxylic acids is 2. The van der Waals surface area contributed by atoms with Gasteiger partial charge in [0.2, 0.25) is 0 Å². The van der Waals surface area contributed by atoms with Crippen LogP contribution in [0, 0.1) is 12.8 Å². The Bertz CT molecular complexity index is 1070. The summed E-state index contributed by atoms with van der Waals surface area (Å²) < 4.78 is 16.7. The fourth-order valence-corrected chi connectivity index (χ4v) is 3.98. The second kappa shape index (κ2) is 11.9. The molecule has 188 valence electrons. The molecule has 0 aliphatic carbocycles. The molecule has 1 unspecified atom stereocenters. The van der Waals surface area contributed by atoms with E-state index in [9.17, 15) is 14.7 Å². The maximum atomic E-state index is 13.1. The third-order valence-corrected chi connectivity index (χ3v) is 5.77. The Kier molecular flexibility index (Phi) is 8.93. The van der Waals surface area contributed by atoms with Crippen molar-refractivity contribution in [3.8, 4) is 11.5 Å². The highest BCUT2D eigenvalue weighted by atomic mass is 16.5. The van der Waals surface area contributed by atoms with Crippen molar-refractivity contribution in [3.05, 3.63) is 64.7 Å². The number of likely N-dealkylation sites (tertiary alicyclic amines) is 1. The van der Waals surface area contributed by atoms with Gasteiger partial charge in [-0.05, 0) is 60.7 Å². The van der Waals surface area contributed by atoms with Crippen molar-refractivity contribution in [2.24, 2.45) is 5.92 Å². The van der Waals surface area contributed by atoms with Crippen LogP contribution in [0.4, 0.5) is 0 Å². The topological polar surface area (TPSA) is 85.3 Å². The first kappa shape index (κ1) is 26.3. The van der Waals surface area contributed by atoms with Crippen molar-refractivity contribution >= 4 is 17.4 Å². The predicted octanol–water partition coefficient (Wildman–Crippen LogP) is 4.89. The SMILES string of the molecule is CCCOc1ccc(/C(O)=C2/C(=O)C(=O)N(CCOC)C2c2ccc(OCC(C)C)cc2)cc1C. The lowest BCUT2D eigenvalue weighted by Crippen LogP contribution is -2.32. The summed E-state index contributed by atoms with van der Waals surface area (Å²) in [5.41, 5.74) is 2.05. The van der Waals surface area contributed by atoms with Crippen molar-refractivity contribution in [1.82, 2.24) is 4.90 Å². The summed E-state index contributed by atoms with van der Waals surface area (Å²) in [5.74, 6) is 0.227. The Morgan fingerprint density at radius 3 is 2.37 bits per heavy atom. The summed E-state index contributed by atoms with van der Waals surface area (Å²) in [6, 6.07) is 11.8. The number of methoxy groups -OCH3 is 1. The van der Waals surface area contributed by atoms with Crippen LogP contribution in [0.5, 0.6) is 11.5 Å². The summed E-state index contributed by atoms with van der Waals surface area (Å²) in [4.78, 5) is 27.5. The Balaban J connectivity index is 2.03. The van der Waals surface area contributed by atoms with Crippen molar-refractivity contribution in [2.75, 3.05) is 33.5 Å². The molecule has 0 radical (unpaired) electrons. The van der Waals surface area contributed by atoms with Gasteiger partial charge in [0.15, 0.2) is 0 Å². The maximum Gasteiger partial charge on any atom is 0.295 e. The molecular weight excluding hydrogens is 446 g/mol. The minimum atomic E-state index is -0.736. The average Bonchev–Trinajstić information content (AvgIpc) is 3.10. The molecule has 1 saturated heterocycles. The number of aliphatic hydroxyl groups excluding tert-OH is 1. The van der Waals surface area contributed by atoms with Crippen LogP contribution in [0.3, 0.4) is 0 Å². The van der Waals surface area contributed by atoms with Crippen molar-refractivity contribution in [1.29, 1.82) is 0 Å². The van der Waals surface area contributed by atoms with Gasteiger partial charge in [-0.2, -0.15) is 0 Å². The number of ether oxygens (including phenoxy) is 3. The molecule has 1 atom stereocenters. The molecule has 1 aliphatic rings. The molecule has 7 nitrogen and oxygen atoms in total. The summed E-state index contributed by atoms with van der Waals surface area (Å²) >= 11 is 0. The average molecular weight is 482 g/mol. The predicted molar refractivity (Wildman–Crippen MR) is 135 cm³/mol. The summed E-state index contributed by atoms with van der Waals surface area (Å²) in [6.07, 6.45) is 0.882. The van der Waals surface area contributed by atoms with E-state index in [4.69, 9.17) is 14.2 Å². The molecule has 0 aromatic heterocycles. The van der Waals surface area contributed by atoms with Crippen LogP contribution in [0.15, 0.2) is 48.0 Å². The lowest BCUT2D eigenvalue weighted by molar-refractivity contribution is -0.140. The Labute approximate surface area is 207 Å². The highest BCUT2D eigenvalue weighted by Gasteiger charge is 2.45. The van der Waals surface area contributed by atoms with E-state index in [2.05, 4.69) is 13.8 Å². The van der Waals surface area contributed by atoms with E-state index in [0.29, 0.717) is 36.0 Å². The minimum absolute atomic E-state index is 0.0589. The van der Waals surface area contributed by atoms with E-state index in [1.807, 2.05) is 38.1 Å². The number of benzene rings is 2. The molecule has 1 fully saturated rings. The fraction of sp³-hybridized carbons (Fsp3) is 0.429. The van der Waals surface area contributed by atoms with Crippen LogP contribution in [0.2, 0.25) is 0 Å². The van der Waals surface area contributed by atoms with E-state index in [1.54, 1.807) is 18.2 Å². The Morgan fingerprint density at radius 1 is 1.06 bits per heavy atom. The fourth-order valence-electron chi connectivity index (χ4n) is 3.98. The monoisotopic (exact) mass is 481 g/mol. The highest BCUT2D eigenvalue weighted by molar-refractivity contribution is 6.46. The molecule has 0 spiro atoms. The number of carbonyl (C=O) groups is 2. The van der Waals surface area contributed by atoms with Gasteiger partial charge >= 0.3 is 0 Å². The number of aliphatic hydroxyl groups is 1. The van der Waals surface area contributed by atoms with E-state index >= 15 is 0 Å². The first-order chi connectivity index (χ1) is 16.8. The third-order valence-electron chi connectivity index (χ3n) is 5.77. The van der Waals surface area contributed by atoms with Gasteiger partial charge in [0, 0.05) is 19.2 Å². The summed E-state index contributed by atoms with van der Waals surface area (Å²) in [7, 11) is 1.54. The molecule has 7 heteroatoms. The van der Waals surface area contributed by atoms with Crippen LogP contribution in [0.25, 0.3) is 5.76 Å². The summed E-state index contributed by atoms with van der Waals surface area (Å²) in [5, 5.41) is 11.3. The number of rotatable bonds is 11. The third kappa shape index (κ3) is 6.03. The van der Waals surface area contributed by atoms with Gasteiger partial charge < -0.3 is 24.2 Å². The standard InChI is InChI=1S/C28H35NO6/c1-6-14-34-23-12-9-21(16-19(23)4)26(30)24-25(29(13-15-33-5)28(32)27(24)31)20-7-10-22(11-8-20)35-17-18(2)3/h7-12,16,18,25,30H,6,13-15,17H2,1-5H3/b26-24-. The quantitative estimate of drug-likeness (QED) is 0.280. The number of hydrogen-bond acceptors (Lipinski definition) is 6. The van der Waals surface area contributed by atoms with Crippen molar-refractivity contribution in [2.45, 2.75) is 40.2 Å². The van der Waals surface area contributed by atoms with E-state index in [0.717, 1.165) is 17.7 Å². The van der Waals surface area contributed by atoms with Crippen LogP contribution >= 0.6 is 0 Å². The molecule has 0 saturated carbocycles. The van der Waals surface area contributed by atoms with Gasteiger partial charge in [-0.15, -0.1) is 0 Å². The zero-order valence-electron chi connectivity index (χ0n) is 21.2. The van der Waals surface area contributed by atoms with Crippen LogP contribution in [-0.2, 0) is 14.3 Å². The van der Waals surface area contributed by atoms with E-state index < -0.39 is 17.7 Å². The first-order valence-electron chi connectivity index (χ1n) is 12.0. The minimum Gasteiger partial charge on any atom is -0.507 e. The number of nitrogens with zero attached hydrogens (tertiary/aromatic N) is 1. The van der Waals surface area contributed by atoms with E-state index in [1.165, 1.54) is 12.0 Å². The van der Waals surface area contributed by atoms with Crippen molar-refractivity contribution < 1.29 is 28.9 Å². The van der Waals surface area contributed by atoms with Crippen LogP contribution in [-0.4, -0.2) is 55.2 Å². The molecule has 1 N–H and O–H groups in total. The van der Waals surface area contributed by atoms with E-state index in [-0.39, 0.29) is 24.5 Å². The van der Waals surface area contributed by atoms with Crippen molar-refractivity contribution in [3.63, 3.8) is 0 Å². The first-order valence-corrected chi connectivity index (χ1v) is 12.0. The Hall–Kier alpha value is -3.32. The van der Waals surface area contributed by atoms with Gasteiger partial charge in [0.1, 0.15) is 17.3 Å². The molecule has 1 heterocycles. The number of aryl methyl sites for hydroxylation is 1. The van der Waals surface area contributed by atoms with Gasteiger partial charge in [0.05, 0.1) is 31.4 Å². The summed E-state index contributed by atoms with van der Waals surface area (Å²) in [6.45, 7) is 9.71. The molecule has 3 rings (SSSR count). The molecule has 2 aromatic rings. The molecule has 35 heavy (non-hydrogen) atoms. The second-order valence-corrected chi connectivity index (χ2v) is 9.09. The number of hydrogen-bond donors (Lipinski definition) is 1. The lowest BCUT2D eigenvalue weighted by atomic mass is 9.94. The molecule has 0 bridgehead atoms. The molecule has 2 aromatic carbocycles. The number of ketones is 1. The molecular formula is C28H35NO6.